The lowest BCUT2D eigenvalue weighted by molar-refractivity contribution is -0.139. The van der Waals surface area contributed by atoms with Crippen molar-refractivity contribution in [3.05, 3.63) is 60.8 Å². The van der Waals surface area contributed by atoms with Gasteiger partial charge in [0.15, 0.2) is 0 Å². The molecule has 0 amide bonds. The molecule has 0 saturated heterocycles. The minimum Gasteiger partial charge on any atom is -0.426 e. The van der Waals surface area contributed by atoms with Crippen molar-refractivity contribution in [3.63, 3.8) is 0 Å². The largest absolute Gasteiger partial charge is 0.426 e. The van der Waals surface area contributed by atoms with E-state index in [0.717, 1.165) is 30.5 Å². The first-order chi connectivity index (χ1) is 10.3. The Kier molecular flexibility index (Phi) is 4.10. The zero-order valence-electron chi connectivity index (χ0n) is 11.7. The van der Waals surface area contributed by atoms with Gasteiger partial charge in [-0.2, -0.15) is 0 Å². The summed E-state index contributed by atoms with van der Waals surface area (Å²) < 4.78 is 5.45. The number of benzene rings is 1. The van der Waals surface area contributed by atoms with E-state index in [-0.39, 0.29) is 11.9 Å². The maximum Gasteiger partial charge on any atom is 0.314 e. The van der Waals surface area contributed by atoms with Crippen molar-refractivity contribution in [3.8, 4) is 17.0 Å². The molecular weight excluding hydrogens is 262 g/mol. The number of carbonyl (C=O) groups excluding carboxylic acids is 1. The van der Waals surface area contributed by atoms with Crippen LogP contribution in [-0.2, 0) is 4.79 Å². The highest BCUT2D eigenvalue weighted by Gasteiger charge is 2.20. The van der Waals surface area contributed by atoms with Gasteiger partial charge in [-0.25, -0.2) is 0 Å². The molecule has 3 heteroatoms. The van der Waals surface area contributed by atoms with Gasteiger partial charge in [0.05, 0.1) is 11.6 Å². The molecule has 0 spiro atoms. The molecule has 0 radical (unpaired) electrons. The molecule has 1 atom stereocenters. The Labute approximate surface area is 124 Å². The van der Waals surface area contributed by atoms with E-state index in [1.807, 2.05) is 42.5 Å². The van der Waals surface area contributed by atoms with Crippen molar-refractivity contribution < 1.29 is 9.53 Å². The summed E-state index contributed by atoms with van der Waals surface area (Å²) in [6, 6.07) is 13.3. The molecule has 1 aromatic heterocycles. The van der Waals surface area contributed by atoms with Gasteiger partial charge in [-0.15, -0.1) is 0 Å². The Balaban J connectivity index is 1.67. The molecule has 1 heterocycles. The summed E-state index contributed by atoms with van der Waals surface area (Å²) in [6.45, 7) is 0. The summed E-state index contributed by atoms with van der Waals surface area (Å²) in [6.07, 6.45) is 8.55. The number of hydrogen-bond acceptors (Lipinski definition) is 3. The molecule has 0 fully saturated rings. The van der Waals surface area contributed by atoms with Crippen LogP contribution in [0.2, 0.25) is 0 Å². The summed E-state index contributed by atoms with van der Waals surface area (Å²) in [5, 5.41) is 0. The third kappa shape index (κ3) is 3.37. The Morgan fingerprint density at radius 2 is 1.95 bits per heavy atom. The minimum absolute atomic E-state index is 0.00883. The standard InChI is InChI=1S/C18H17NO2/c20-18(15-6-2-1-3-7-15)21-16-11-9-14(10-12-16)17-8-4-5-13-19-17/h1-2,4-5,8-13,15H,3,6-7H2. The molecule has 1 aliphatic carbocycles. The zero-order valence-corrected chi connectivity index (χ0v) is 11.7. The highest BCUT2D eigenvalue weighted by atomic mass is 16.5. The van der Waals surface area contributed by atoms with Gasteiger partial charge in [-0.3, -0.25) is 9.78 Å². The Morgan fingerprint density at radius 1 is 1.10 bits per heavy atom. The molecule has 21 heavy (non-hydrogen) atoms. The monoisotopic (exact) mass is 279 g/mol. The van der Waals surface area contributed by atoms with Crippen LogP contribution in [0, 0.1) is 5.92 Å². The topological polar surface area (TPSA) is 39.2 Å². The lowest BCUT2D eigenvalue weighted by atomic mass is 9.95. The number of ether oxygens (including phenoxy) is 1. The smallest absolute Gasteiger partial charge is 0.314 e. The van der Waals surface area contributed by atoms with Gasteiger partial charge in [0.25, 0.3) is 0 Å². The van der Waals surface area contributed by atoms with Gasteiger partial charge < -0.3 is 4.74 Å². The summed E-state index contributed by atoms with van der Waals surface area (Å²) in [4.78, 5) is 16.4. The maximum absolute atomic E-state index is 12.1. The second-order valence-electron chi connectivity index (χ2n) is 5.14. The fourth-order valence-electron chi connectivity index (χ4n) is 2.43. The molecule has 0 aliphatic heterocycles. The van der Waals surface area contributed by atoms with Crippen molar-refractivity contribution >= 4 is 5.97 Å². The maximum atomic E-state index is 12.1. The normalized spacial score (nSPS) is 17.4. The number of aromatic nitrogens is 1. The van der Waals surface area contributed by atoms with E-state index >= 15 is 0 Å². The van der Waals surface area contributed by atoms with Crippen LogP contribution in [0.15, 0.2) is 60.8 Å². The Bertz CT molecular complexity index is 632. The summed E-state index contributed by atoms with van der Waals surface area (Å²) in [5.41, 5.74) is 1.92. The van der Waals surface area contributed by atoms with Crippen molar-refractivity contribution in [2.45, 2.75) is 19.3 Å². The van der Waals surface area contributed by atoms with Gasteiger partial charge in [0, 0.05) is 11.8 Å². The molecule has 2 aromatic rings. The second-order valence-corrected chi connectivity index (χ2v) is 5.14. The van der Waals surface area contributed by atoms with Crippen LogP contribution in [0.5, 0.6) is 5.75 Å². The zero-order chi connectivity index (χ0) is 14.5. The third-order valence-corrected chi connectivity index (χ3v) is 3.64. The summed E-state index contributed by atoms with van der Waals surface area (Å²) in [5.74, 6) is 0.449. The van der Waals surface area contributed by atoms with Crippen LogP contribution < -0.4 is 4.74 Å². The molecule has 0 N–H and O–H groups in total. The van der Waals surface area contributed by atoms with Gasteiger partial charge >= 0.3 is 5.97 Å². The van der Waals surface area contributed by atoms with Crippen LogP contribution in [0.1, 0.15) is 19.3 Å². The van der Waals surface area contributed by atoms with Gasteiger partial charge in [-0.1, -0.05) is 18.2 Å². The van der Waals surface area contributed by atoms with Gasteiger partial charge in [0.2, 0.25) is 0 Å². The lowest BCUT2D eigenvalue weighted by Gasteiger charge is -2.16. The Hall–Kier alpha value is -2.42. The van der Waals surface area contributed by atoms with Crippen LogP contribution in [0.4, 0.5) is 0 Å². The molecule has 3 nitrogen and oxygen atoms in total. The predicted molar refractivity (Wildman–Crippen MR) is 81.8 cm³/mol. The Morgan fingerprint density at radius 3 is 2.62 bits per heavy atom. The molecule has 106 valence electrons. The fourth-order valence-corrected chi connectivity index (χ4v) is 2.43. The minimum atomic E-state index is -0.134. The number of esters is 1. The quantitative estimate of drug-likeness (QED) is 0.484. The second kappa shape index (κ2) is 6.35. The first-order valence-corrected chi connectivity index (χ1v) is 7.21. The average molecular weight is 279 g/mol. The molecular formula is C18H17NO2. The number of hydrogen-bond donors (Lipinski definition) is 0. The van der Waals surface area contributed by atoms with Crippen molar-refractivity contribution in [2.24, 2.45) is 5.92 Å². The molecule has 0 bridgehead atoms. The van der Waals surface area contributed by atoms with E-state index in [9.17, 15) is 4.79 Å². The van der Waals surface area contributed by atoms with Crippen molar-refractivity contribution in [2.75, 3.05) is 0 Å². The first-order valence-electron chi connectivity index (χ1n) is 7.21. The van der Waals surface area contributed by atoms with E-state index in [4.69, 9.17) is 4.74 Å². The number of rotatable bonds is 3. The summed E-state index contributed by atoms with van der Waals surface area (Å²) in [7, 11) is 0. The van der Waals surface area contributed by atoms with E-state index in [2.05, 4.69) is 17.1 Å². The summed E-state index contributed by atoms with van der Waals surface area (Å²) >= 11 is 0. The average Bonchev–Trinajstić information content (AvgIpc) is 2.57. The SMILES string of the molecule is O=C(Oc1ccc(-c2ccccn2)cc1)C1CC=CCC1. The van der Waals surface area contributed by atoms with E-state index < -0.39 is 0 Å². The highest BCUT2D eigenvalue weighted by molar-refractivity contribution is 5.75. The van der Waals surface area contributed by atoms with Crippen molar-refractivity contribution in [1.82, 2.24) is 4.98 Å². The highest BCUT2D eigenvalue weighted by Crippen LogP contribution is 2.23. The molecule has 1 unspecified atom stereocenters. The first kappa shape index (κ1) is 13.6. The number of allylic oxidation sites excluding steroid dienone is 2. The fraction of sp³-hybridized carbons (Fsp3) is 0.222. The third-order valence-electron chi connectivity index (χ3n) is 3.64. The molecule has 0 saturated carbocycles. The van der Waals surface area contributed by atoms with Crippen LogP contribution >= 0.6 is 0 Å². The lowest BCUT2D eigenvalue weighted by Crippen LogP contribution is -2.21. The number of nitrogens with zero attached hydrogens (tertiary/aromatic N) is 1. The van der Waals surface area contributed by atoms with Gasteiger partial charge in [-0.05, 0) is 55.7 Å². The number of carbonyl (C=O) groups is 1. The number of pyridine rings is 1. The predicted octanol–water partition coefficient (Wildman–Crippen LogP) is 4.01. The van der Waals surface area contributed by atoms with Crippen LogP contribution in [0.3, 0.4) is 0 Å². The van der Waals surface area contributed by atoms with Crippen LogP contribution in [0.25, 0.3) is 11.3 Å². The van der Waals surface area contributed by atoms with E-state index in [1.165, 1.54) is 0 Å². The van der Waals surface area contributed by atoms with E-state index in [1.54, 1.807) is 6.20 Å². The van der Waals surface area contributed by atoms with Crippen LogP contribution in [-0.4, -0.2) is 11.0 Å². The molecule has 3 rings (SSSR count). The van der Waals surface area contributed by atoms with Crippen molar-refractivity contribution in [1.29, 1.82) is 0 Å². The van der Waals surface area contributed by atoms with E-state index in [0.29, 0.717) is 5.75 Å². The molecule has 1 aliphatic rings. The van der Waals surface area contributed by atoms with Gasteiger partial charge in [0.1, 0.15) is 5.75 Å². The molecule has 1 aromatic carbocycles.